The van der Waals surface area contributed by atoms with Gasteiger partial charge in [0.2, 0.25) is 0 Å². The Morgan fingerprint density at radius 2 is 2.44 bits per heavy atom. The molecule has 1 fully saturated rings. The van der Waals surface area contributed by atoms with E-state index in [1.807, 2.05) is 6.20 Å². The van der Waals surface area contributed by atoms with Crippen molar-refractivity contribution >= 4 is 11.8 Å². The minimum absolute atomic E-state index is 0.270. The third kappa shape index (κ3) is 2.38. The summed E-state index contributed by atoms with van der Waals surface area (Å²) in [6.45, 7) is 5.45. The first-order valence-electron chi connectivity index (χ1n) is 5.89. The quantitative estimate of drug-likeness (QED) is 0.872. The predicted molar refractivity (Wildman–Crippen MR) is 68.5 cm³/mol. The molecule has 1 aliphatic rings. The Morgan fingerprint density at radius 1 is 1.56 bits per heavy atom. The van der Waals surface area contributed by atoms with Gasteiger partial charge in [-0.15, -0.1) is 0 Å². The van der Waals surface area contributed by atoms with Gasteiger partial charge < -0.3 is 5.32 Å². The van der Waals surface area contributed by atoms with E-state index in [-0.39, 0.29) is 4.75 Å². The summed E-state index contributed by atoms with van der Waals surface area (Å²) in [6.07, 6.45) is 7.96. The fourth-order valence-corrected chi connectivity index (χ4v) is 3.74. The molecule has 1 N–H and O–H groups in total. The first-order chi connectivity index (χ1) is 7.76. The molecular weight excluding hydrogens is 218 g/mol. The monoisotopic (exact) mass is 237 g/mol. The van der Waals surface area contributed by atoms with Crippen LogP contribution in [0.25, 0.3) is 0 Å². The van der Waals surface area contributed by atoms with E-state index < -0.39 is 0 Å². The van der Waals surface area contributed by atoms with E-state index >= 15 is 0 Å². The first kappa shape index (κ1) is 11.9. The molecule has 4 heteroatoms. The highest BCUT2D eigenvalue weighted by atomic mass is 32.2. The predicted octanol–water partition coefficient (Wildman–Crippen LogP) is 2.41. The second-order valence-electron chi connectivity index (χ2n) is 4.39. The summed E-state index contributed by atoms with van der Waals surface area (Å²) >= 11 is 2.06. The molecule has 0 spiro atoms. The molecule has 1 aliphatic heterocycles. The van der Waals surface area contributed by atoms with Crippen LogP contribution in [0.3, 0.4) is 0 Å². The molecule has 1 aromatic rings. The number of hydrogen-bond donors (Lipinski definition) is 1. The Hall–Kier alpha value is -0.610. The van der Waals surface area contributed by atoms with E-state index in [0.717, 1.165) is 12.2 Å². The van der Waals surface area contributed by atoms with E-state index in [1.54, 1.807) is 12.4 Å². The van der Waals surface area contributed by atoms with Crippen molar-refractivity contribution in [2.75, 3.05) is 12.3 Å². The van der Waals surface area contributed by atoms with Gasteiger partial charge in [-0.05, 0) is 32.1 Å². The number of nitrogens with one attached hydrogen (secondary N) is 1. The van der Waals surface area contributed by atoms with Crippen molar-refractivity contribution in [1.82, 2.24) is 15.3 Å². The van der Waals surface area contributed by atoms with Crippen LogP contribution in [-0.2, 0) is 0 Å². The summed E-state index contributed by atoms with van der Waals surface area (Å²) in [7, 11) is 0. The fourth-order valence-electron chi connectivity index (χ4n) is 2.33. The van der Waals surface area contributed by atoms with Gasteiger partial charge in [0.15, 0.2) is 0 Å². The summed E-state index contributed by atoms with van der Waals surface area (Å²) in [5.41, 5.74) is 1.07. The zero-order valence-corrected chi connectivity index (χ0v) is 10.8. The van der Waals surface area contributed by atoms with Gasteiger partial charge in [0.25, 0.3) is 0 Å². The molecule has 0 saturated carbocycles. The van der Waals surface area contributed by atoms with Crippen LogP contribution in [0.2, 0.25) is 0 Å². The molecule has 1 aromatic heterocycles. The van der Waals surface area contributed by atoms with E-state index in [1.165, 1.54) is 18.6 Å². The smallest absolute Gasteiger partial charge is 0.0770 e. The lowest BCUT2D eigenvalue weighted by atomic mass is 9.93. The minimum Gasteiger partial charge on any atom is -0.308 e. The van der Waals surface area contributed by atoms with Crippen molar-refractivity contribution in [3.8, 4) is 0 Å². The molecule has 3 nitrogen and oxygen atoms in total. The molecule has 0 radical (unpaired) electrons. The van der Waals surface area contributed by atoms with Gasteiger partial charge in [-0.2, -0.15) is 11.8 Å². The lowest BCUT2D eigenvalue weighted by Gasteiger charge is -2.33. The average Bonchev–Trinajstić information content (AvgIpc) is 2.75. The third-order valence-electron chi connectivity index (χ3n) is 3.15. The van der Waals surface area contributed by atoms with E-state index in [9.17, 15) is 0 Å². The van der Waals surface area contributed by atoms with Gasteiger partial charge in [-0.3, -0.25) is 9.97 Å². The molecular formula is C12H19N3S. The molecule has 1 saturated heterocycles. The summed E-state index contributed by atoms with van der Waals surface area (Å²) < 4.78 is 0.270. The summed E-state index contributed by atoms with van der Waals surface area (Å²) in [4.78, 5) is 8.63. The summed E-state index contributed by atoms with van der Waals surface area (Å²) in [5, 5.41) is 3.56. The lowest BCUT2D eigenvalue weighted by molar-refractivity contribution is 0.412. The normalized spacial score (nSPS) is 26.9. The first-order valence-corrected chi connectivity index (χ1v) is 6.88. The highest BCUT2D eigenvalue weighted by Crippen LogP contribution is 2.45. The van der Waals surface area contributed by atoms with Gasteiger partial charge in [0, 0.05) is 17.1 Å². The number of rotatable bonds is 4. The molecule has 2 unspecified atom stereocenters. The molecule has 2 rings (SSSR count). The molecule has 2 atom stereocenters. The van der Waals surface area contributed by atoms with Crippen LogP contribution in [0.15, 0.2) is 18.6 Å². The van der Waals surface area contributed by atoms with Gasteiger partial charge >= 0.3 is 0 Å². The summed E-state index contributed by atoms with van der Waals surface area (Å²) in [6, 6.07) is 0.318. The van der Waals surface area contributed by atoms with Gasteiger partial charge in [-0.1, -0.05) is 6.92 Å². The highest BCUT2D eigenvalue weighted by molar-refractivity contribution is 8.00. The number of hydrogen-bond acceptors (Lipinski definition) is 4. The van der Waals surface area contributed by atoms with Crippen molar-refractivity contribution in [2.45, 2.75) is 37.5 Å². The average molecular weight is 237 g/mol. The zero-order chi connectivity index (χ0) is 11.4. The molecule has 0 bridgehead atoms. The van der Waals surface area contributed by atoms with Crippen molar-refractivity contribution < 1.29 is 0 Å². The fraction of sp³-hybridized carbons (Fsp3) is 0.667. The highest BCUT2D eigenvalue weighted by Gasteiger charge is 2.39. The molecule has 2 heterocycles. The van der Waals surface area contributed by atoms with E-state index in [4.69, 9.17) is 0 Å². The van der Waals surface area contributed by atoms with Crippen molar-refractivity contribution in [2.24, 2.45) is 0 Å². The molecule has 0 amide bonds. The van der Waals surface area contributed by atoms with Crippen LogP contribution in [0, 0.1) is 0 Å². The third-order valence-corrected chi connectivity index (χ3v) is 4.74. The Labute approximate surface area is 101 Å². The maximum Gasteiger partial charge on any atom is 0.0770 e. The topological polar surface area (TPSA) is 37.8 Å². The number of nitrogens with zero attached hydrogens (tertiary/aromatic N) is 2. The minimum atomic E-state index is 0.270. The Bertz CT molecular complexity index is 322. The van der Waals surface area contributed by atoms with E-state index in [2.05, 4.69) is 40.9 Å². The maximum atomic E-state index is 4.45. The van der Waals surface area contributed by atoms with Gasteiger partial charge in [-0.25, -0.2) is 0 Å². The Balaban J connectivity index is 2.23. The van der Waals surface area contributed by atoms with Crippen LogP contribution in [0.5, 0.6) is 0 Å². The van der Waals surface area contributed by atoms with Crippen LogP contribution in [0.4, 0.5) is 0 Å². The largest absolute Gasteiger partial charge is 0.308 e. The van der Waals surface area contributed by atoms with Crippen LogP contribution < -0.4 is 5.32 Å². The number of thioether (sulfide) groups is 1. The molecule has 0 aromatic carbocycles. The van der Waals surface area contributed by atoms with Crippen molar-refractivity contribution in [1.29, 1.82) is 0 Å². The van der Waals surface area contributed by atoms with Crippen molar-refractivity contribution in [3.63, 3.8) is 0 Å². The lowest BCUT2D eigenvalue weighted by Crippen LogP contribution is -2.38. The molecule has 88 valence electrons. The van der Waals surface area contributed by atoms with E-state index in [0.29, 0.717) is 6.04 Å². The Morgan fingerprint density at radius 3 is 3.00 bits per heavy atom. The van der Waals surface area contributed by atoms with Crippen LogP contribution in [-0.4, -0.2) is 27.0 Å². The zero-order valence-electron chi connectivity index (χ0n) is 9.94. The standard InChI is InChI=1S/C12H19N3S/c1-3-14-11(10-9-13-6-7-15-10)12(2)5-4-8-16-12/h6-7,9,11,14H,3-5,8H2,1-2H3. The van der Waals surface area contributed by atoms with Gasteiger partial charge in [0.05, 0.1) is 17.9 Å². The summed E-state index contributed by atoms with van der Waals surface area (Å²) in [5.74, 6) is 1.26. The maximum absolute atomic E-state index is 4.45. The van der Waals surface area contributed by atoms with Gasteiger partial charge in [0.1, 0.15) is 0 Å². The van der Waals surface area contributed by atoms with Crippen molar-refractivity contribution in [3.05, 3.63) is 24.3 Å². The molecule has 0 aliphatic carbocycles. The second-order valence-corrected chi connectivity index (χ2v) is 6.02. The number of aromatic nitrogens is 2. The van der Waals surface area contributed by atoms with Crippen LogP contribution >= 0.6 is 11.8 Å². The SMILES string of the molecule is CCNC(c1cnccn1)C1(C)CCCS1. The Kier molecular flexibility index (Phi) is 3.82. The molecule has 16 heavy (non-hydrogen) atoms. The van der Waals surface area contributed by atoms with Crippen LogP contribution in [0.1, 0.15) is 38.4 Å². The second kappa shape index (κ2) is 5.15.